The molecule has 0 heterocycles. The normalized spacial score (nSPS) is 15.1. The molecule has 0 bridgehead atoms. The molecule has 1 aliphatic carbocycles. The maximum atomic E-state index is 11.3. The van der Waals surface area contributed by atoms with Crippen molar-refractivity contribution in [3.63, 3.8) is 0 Å². The fraction of sp³-hybridized carbons (Fsp3) is 0.556. The van der Waals surface area contributed by atoms with E-state index in [0.717, 1.165) is 23.4 Å². The van der Waals surface area contributed by atoms with Crippen LogP contribution in [0.15, 0.2) is 33.7 Å². The van der Waals surface area contributed by atoms with Crippen LogP contribution in [0.3, 0.4) is 0 Å². The van der Waals surface area contributed by atoms with Crippen LogP contribution in [0.5, 0.6) is 0 Å². The first-order chi connectivity index (χ1) is 11.6. The number of hydrogen-bond donors (Lipinski definition) is 2. The molecule has 2 rings (SSSR count). The van der Waals surface area contributed by atoms with Gasteiger partial charge < -0.3 is 15.4 Å². The minimum Gasteiger partial charge on any atom is -0.466 e. The van der Waals surface area contributed by atoms with Crippen LogP contribution in [0.2, 0.25) is 0 Å². The highest BCUT2D eigenvalue weighted by Crippen LogP contribution is 2.48. The number of carbonyl (C=O) groups is 1. The van der Waals surface area contributed by atoms with Gasteiger partial charge in [0.05, 0.1) is 6.61 Å². The van der Waals surface area contributed by atoms with Gasteiger partial charge in [-0.2, -0.15) is 0 Å². The predicted molar refractivity (Wildman–Crippen MR) is 116 cm³/mol. The second kappa shape index (κ2) is 11.0. The molecule has 1 aliphatic rings. The Kier molecular flexibility index (Phi) is 9.78. The van der Waals surface area contributed by atoms with Gasteiger partial charge in [-0.25, -0.2) is 0 Å². The van der Waals surface area contributed by atoms with E-state index in [0.29, 0.717) is 19.6 Å². The van der Waals surface area contributed by atoms with Gasteiger partial charge in [-0.1, -0.05) is 28.1 Å². The van der Waals surface area contributed by atoms with Crippen LogP contribution >= 0.6 is 39.9 Å². The van der Waals surface area contributed by atoms with Crippen molar-refractivity contribution in [2.75, 3.05) is 26.7 Å². The van der Waals surface area contributed by atoms with Crippen LogP contribution in [0.25, 0.3) is 0 Å². The standard InChI is InChI=1S/C18H26BrN3O2.HI/c1-3-24-16(23)8-5-11-21-17(20-2)22-13-18(9-10-18)14-6-4-7-15(19)12-14;/h4,6-7,12H,3,5,8-11,13H2,1-2H3,(H2,20,21,22);1H. The van der Waals surface area contributed by atoms with Crippen molar-refractivity contribution in [1.29, 1.82) is 0 Å². The maximum Gasteiger partial charge on any atom is 0.305 e. The van der Waals surface area contributed by atoms with Crippen LogP contribution in [0.4, 0.5) is 0 Å². The zero-order valence-electron chi connectivity index (χ0n) is 14.8. The van der Waals surface area contributed by atoms with E-state index < -0.39 is 0 Å². The van der Waals surface area contributed by atoms with Crippen LogP contribution in [0, 0.1) is 0 Å². The first-order valence-electron chi connectivity index (χ1n) is 8.46. The fourth-order valence-electron chi connectivity index (χ4n) is 2.68. The van der Waals surface area contributed by atoms with Crippen LogP contribution in [-0.4, -0.2) is 38.7 Å². The molecule has 25 heavy (non-hydrogen) atoms. The first kappa shape index (κ1) is 22.2. The smallest absolute Gasteiger partial charge is 0.305 e. The second-order valence-electron chi connectivity index (χ2n) is 6.05. The Morgan fingerprint density at radius 1 is 1.36 bits per heavy atom. The monoisotopic (exact) mass is 523 g/mol. The first-order valence-corrected chi connectivity index (χ1v) is 9.25. The van der Waals surface area contributed by atoms with Gasteiger partial charge in [0.2, 0.25) is 0 Å². The van der Waals surface area contributed by atoms with Crippen molar-refractivity contribution < 1.29 is 9.53 Å². The van der Waals surface area contributed by atoms with Gasteiger partial charge in [0.1, 0.15) is 0 Å². The maximum absolute atomic E-state index is 11.3. The number of ether oxygens (including phenoxy) is 1. The summed E-state index contributed by atoms with van der Waals surface area (Å²) >= 11 is 3.55. The summed E-state index contributed by atoms with van der Waals surface area (Å²) < 4.78 is 6.04. The Labute approximate surface area is 175 Å². The molecule has 1 aromatic rings. The van der Waals surface area contributed by atoms with Crippen molar-refractivity contribution in [1.82, 2.24) is 10.6 Å². The van der Waals surface area contributed by atoms with E-state index >= 15 is 0 Å². The molecule has 0 atom stereocenters. The quantitative estimate of drug-likeness (QED) is 0.180. The summed E-state index contributed by atoms with van der Waals surface area (Å²) in [6, 6.07) is 8.53. The number of rotatable bonds is 8. The summed E-state index contributed by atoms with van der Waals surface area (Å²) in [5, 5.41) is 6.66. The highest BCUT2D eigenvalue weighted by Gasteiger charge is 2.44. The third-order valence-electron chi connectivity index (χ3n) is 4.26. The van der Waals surface area contributed by atoms with Gasteiger partial charge in [0.25, 0.3) is 0 Å². The average molecular weight is 524 g/mol. The van der Waals surface area contributed by atoms with E-state index in [1.807, 2.05) is 6.92 Å². The van der Waals surface area contributed by atoms with Gasteiger partial charge in [-0.15, -0.1) is 24.0 Å². The number of esters is 1. The number of guanidine groups is 1. The molecule has 7 heteroatoms. The van der Waals surface area contributed by atoms with E-state index in [1.165, 1.54) is 18.4 Å². The SMILES string of the molecule is CCOC(=O)CCCNC(=NC)NCC1(c2cccc(Br)c2)CC1.I. The van der Waals surface area contributed by atoms with Crippen molar-refractivity contribution in [3.05, 3.63) is 34.3 Å². The molecule has 0 unspecified atom stereocenters. The van der Waals surface area contributed by atoms with E-state index in [2.05, 4.69) is 55.8 Å². The zero-order chi connectivity index (χ0) is 17.4. The summed E-state index contributed by atoms with van der Waals surface area (Å²) in [7, 11) is 1.76. The molecule has 0 spiro atoms. The van der Waals surface area contributed by atoms with E-state index in [1.54, 1.807) is 7.05 Å². The summed E-state index contributed by atoms with van der Waals surface area (Å²) in [6.07, 6.45) is 3.54. The Morgan fingerprint density at radius 2 is 2.12 bits per heavy atom. The Bertz CT molecular complexity index is 591. The Hall–Kier alpha value is -0.830. The summed E-state index contributed by atoms with van der Waals surface area (Å²) in [4.78, 5) is 15.6. The molecule has 0 aromatic heterocycles. The summed E-state index contributed by atoms with van der Waals surface area (Å²) in [5.74, 6) is 0.633. The van der Waals surface area contributed by atoms with Crippen molar-refractivity contribution in [2.24, 2.45) is 4.99 Å². The topological polar surface area (TPSA) is 62.7 Å². The molecular weight excluding hydrogens is 497 g/mol. The number of aliphatic imine (C=N–C) groups is 1. The molecule has 1 aromatic carbocycles. The van der Waals surface area contributed by atoms with Gasteiger partial charge in [0.15, 0.2) is 5.96 Å². The Morgan fingerprint density at radius 3 is 2.72 bits per heavy atom. The number of nitrogens with zero attached hydrogens (tertiary/aromatic N) is 1. The minimum absolute atomic E-state index is 0. The number of nitrogens with one attached hydrogen (secondary N) is 2. The molecular formula is C18H27BrIN3O2. The molecule has 5 nitrogen and oxygen atoms in total. The largest absolute Gasteiger partial charge is 0.466 e. The third kappa shape index (κ3) is 7.13. The average Bonchev–Trinajstić information content (AvgIpc) is 3.36. The van der Waals surface area contributed by atoms with Crippen LogP contribution in [-0.2, 0) is 14.9 Å². The predicted octanol–water partition coefficient (Wildman–Crippen LogP) is 3.61. The molecule has 0 aliphatic heterocycles. The highest BCUT2D eigenvalue weighted by molar-refractivity contribution is 14.0. The number of hydrogen-bond acceptors (Lipinski definition) is 3. The van der Waals surface area contributed by atoms with Gasteiger partial charge in [-0.05, 0) is 43.9 Å². The zero-order valence-corrected chi connectivity index (χ0v) is 18.7. The Balaban J connectivity index is 0.00000312. The second-order valence-corrected chi connectivity index (χ2v) is 6.97. The van der Waals surface area contributed by atoms with Crippen LogP contribution in [0.1, 0.15) is 38.2 Å². The fourth-order valence-corrected chi connectivity index (χ4v) is 3.08. The molecule has 0 saturated heterocycles. The molecule has 0 radical (unpaired) electrons. The number of carbonyl (C=O) groups excluding carboxylic acids is 1. The highest BCUT2D eigenvalue weighted by atomic mass is 127. The molecule has 1 fully saturated rings. The molecule has 1 saturated carbocycles. The van der Waals surface area contributed by atoms with Crippen molar-refractivity contribution in [3.8, 4) is 0 Å². The van der Waals surface area contributed by atoms with E-state index in [-0.39, 0.29) is 35.4 Å². The minimum atomic E-state index is -0.145. The van der Waals surface area contributed by atoms with Crippen LogP contribution < -0.4 is 10.6 Å². The van der Waals surface area contributed by atoms with Gasteiger partial charge >= 0.3 is 5.97 Å². The molecule has 140 valence electrons. The molecule has 0 amide bonds. The van der Waals surface area contributed by atoms with Gasteiger partial charge in [0, 0.05) is 36.4 Å². The van der Waals surface area contributed by atoms with Crippen molar-refractivity contribution >= 4 is 51.8 Å². The third-order valence-corrected chi connectivity index (χ3v) is 4.76. The lowest BCUT2D eigenvalue weighted by Gasteiger charge is -2.19. The van der Waals surface area contributed by atoms with Crippen molar-refractivity contribution in [2.45, 2.75) is 38.0 Å². The summed E-state index contributed by atoms with van der Waals surface area (Å²) in [6.45, 7) is 3.82. The van der Waals surface area contributed by atoms with E-state index in [4.69, 9.17) is 4.74 Å². The van der Waals surface area contributed by atoms with Gasteiger partial charge in [-0.3, -0.25) is 9.79 Å². The summed E-state index contributed by atoms with van der Waals surface area (Å²) in [5.41, 5.74) is 1.58. The lowest BCUT2D eigenvalue weighted by molar-refractivity contribution is -0.143. The lowest BCUT2D eigenvalue weighted by Crippen LogP contribution is -2.41. The lowest BCUT2D eigenvalue weighted by atomic mass is 9.96. The number of halogens is 2. The number of benzene rings is 1. The molecule has 2 N–H and O–H groups in total. The van der Waals surface area contributed by atoms with E-state index in [9.17, 15) is 4.79 Å².